The monoisotopic (exact) mass is 406 g/mol. The van der Waals surface area contributed by atoms with E-state index in [4.69, 9.17) is 4.42 Å². The number of carbonyl (C=O) groups is 1. The van der Waals surface area contributed by atoms with Crippen molar-refractivity contribution in [1.82, 2.24) is 14.8 Å². The van der Waals surface area contributed by atoms with Crippen LogP contribution < -0.4 is 5.32 Å². The van der Waals surface area contributed by atoms with Crippen molar-refractivity contribution in [2.24, 2.45) is 0 Å². The summed E-state index contributed by atoms with van der Waals surface area (Å²) in [5.41, 5.74) is 1.46. The molecule has 0 aliphatic carbocycles. The van der Waals surface area contributed by atoms with E-state index in [-0.39, 0.29) is 17.4 Å². The molecule has 1 amide bonds. The van der Waals surface area contributed by atoms with E-state index >= 15 is 0 Å². The zero-order valence-electron chi connectivity index (χ0n) is 15.4. The van der Waals surface area contributed by atoms with Crippen molar-refractivity contribution in [2.45, 2.75) is 11.7 Å². The third-order valence-electron chi connectivity index (χ3n) is 4.15. The Morgan fingerprint density at radius 1 is 1.03 bits per heavy atom. The van der Waals surface area contributed by atoms with Crippen LogP contribution in [0.15, 0.2) is 82.6 Å². The number of hydrogen-bond donors (Lipinski definition) is 2. The fourth-order valence-corrected chi connectivity index (χ4v) is 3.53. The number of aromatic hydroxyl groups is 1. The molecule has 146 valence electrons. The maximum atomic E-state index is 12.3. The van der Waals surface area contributed by atoms with E-state index in [1.165, 1.54) is 17.8 Å². The molecule has 0 aliphatic rings. The van der Waals surface area contributed by atoms with E-state index in [1.54, 1.807) is 30.5 Å². The molecule has 0 spiro atoms. The van der Waals surface area contributed by atoms with Crippen LogP contribution in [-0.4, -0.2) is 31.5 Å². The summed E-state index contributed by atoms with van der Waals surface area (Å²) in [4.78, 5) is 12.3. The minimum Gasteiger partial charge on any atom is -0.506 e. The zero-order valence-corrected chi connectivity index (χ0v) is 16.2. The predicted molar refractivity (Wildman–Crippen MR) is 111 cm³/mol. The van der Waals surface area contributed by atoms with Crippen molar-refractivity contribution in [3.63, 3.8) is 0 Å². The molecule has 29 heavy (non-hydrogen) atoms. The highest BCUT2D eigenvalue weighted by atomic mass is 32.2. The quantitative estimate of drug-likeness (QED) is 0.356. The van der Waals surface area contributed by atoms with E-state index in [0.717, 1.165) is 5.56 Å². The minimum absolute atomic E-state index is 0.0261. The Morgan fingerprint density at radius 3 is 2.59 bits per heavy atom. The summed E-state index contributed by atoms with van der Waals surface area (Å²) in [5.74, 6) is 1.12. The van der Waals surface area contributed by atoms with Crippen molar-refractivity contribution in [3.8, 4) is 17.3 Å². The van der Waals surface area contributed by atoms with Gasteiger partial charge in [0.15, 0.2) is 10.9 Å². The van der Waals surface area contributed by atoms with Gasteiger partial charge < -0.3 is 14.8 Å². The maximum Gasteiger partial charge on any atom is 0.234 e. The highest BCUT2D eigenvalue weighted by Gasteiger charge is 2.18. The Balaban J connectivity index is 1.52. The second kappa shape index (κ2) is 8.66. The lowest BCUT2D eigenvalue weighted by atomic mass is 10.2. The Hall–Kier alpha value is -3.52. The van der Waals surface area contributed by atoms with Gasteiger partial charge in [-0.3, -0.25) is 9.36 Å². The number of furan rings is 1. The molecule has 2 aromatic heterocycles. The smallest absolute Gasteiger partial charge is 0.234 e. The summed E-state index contributed by atoms with van der Waals surface area (Å²) < 4.78 is 7.41. The van der Waals surface area contributed by atoms with Crippen LogP contribution in [0.3, 0.4) is 0 Å². The zero-order chi connectivity index (χ0) is 20.1. The first-order valence-corrected chi connectivity index (χ1v) is 9.91. The number of amides is 1. The lowest BCUT2D eigenvalue weighted by Crippen LogP contribution is -2.15. The van der Waals surface area contributed by atoms with E-state index in [9.17, 15) is 9.90 Å². The van der Waals surface area contributed by atoms with Gasteiger partial charge in [-0.05, 0) is 29.8 Å². The maximum absolute atomic E-state index is 12.3. The third kappa shape index (κ3) is 4.49. The van der Waals surface area contributed by atoms with Crippen molar-refractivity contribution in [1.29, 1.82) is 0 Å². The first-order valence-electron chi connectivity index (χ1n) is 8.92. The molecule has 0 unspecified atom stereocenters. The van der Waals surface area contributed by atoms with Crippen LogP contribution >= 0.6 is 11.8 Å². The van der Waals surface area contributed by atoms with Gasteiger partial charge in [-0.15, -0.1) is 10.2 Å². The number of aromatic nitrogens is 3. The van der Waals surface area contributed by atoms with Gasteiger partial charge in [0.1, 0.15) is 5.75 Å². The van der Waals surface area contributed by atoms with Crippen molar-refractivity contribution < 1.29 is 14.3 Å². The van der Waals surface area contributed by atoms with E-state index < -0.39 is 0 Å². The molecule has 0 fully saturated rings. The second-order valence-corrected chi connectivity index (χ2v) is 7.15. The third-order valence-corrected chi connectivity index (χ3v) is 5.12. The number of anilines is 1. The lowest BCUT2D eigenvalue weighted by Gasteiger charge is -2.10. The van der Waals surface area contributed by atoms with E-state index in [2.05, 4.69) is 15.5 Å². The van der Waals surface area contributed by atoms with Crippen molar-refractivity contribution in [3.05, 3.63) is 78.6 Å². The van der Waals surface area contributed by atoms with Crippen LogP contribution in [0, 0.1) is 0 Å². The molecule has 0 atom stereocenters. The molecule has 8 heteroatoms. The normalized spacial score (nSPS) is 10.8. The van der Waals surface area contributed by atoms with Gasteiger partial charge in [0.2, 0.25) is 11.7 Å². The molecule has 7 nitrogen and oxygen atoms in total. The number of benzene rings is 2. The number of nitrogens with zero attached hydrogens (tertiary/aromatic N) is 3. The first-order chi connectivity index (χ1) is 14.2. The van der Waals surface area contributed by atoms with Gasteiger partial charge in [0.05, 0.1) is 24.2 Å². The largest absolute Gasteiger partial charge is 0.506 e. The molecule has 2 aromatic carbocycles. The molecule has 0 saturated heterocycles. The number of nitrogens with one attached hydrogen (secondary N) is 1. The van der Waals surface area contributed by atoms with Crippen LogP contribution in [0.25, 0.3) is 11.6 Å². The summed E-state index contributed by atoms with van der Waals surface area (Å²) in [6.45, 7) is 0.549. The van der Waals surface area contributed by atoms with Gasteiger partial charge in [0.25, 0.3) is 0 Å². The van der Waals surface area contributed by atoms with Gasteiger partial charge in [-0.2, -0.15) is 0 Å². The summed E-state index contributed by atoms with van der Waals surface area (Å²) in [6.07, 6.45) is 1.59. The molecule has 2 N–H and O–H groups in total. The fraction of sp³-hybridized carbons (Fsp3) is 0.0952. The lowest BCUT2D eigenvalue weighted by molar-refractivity contribution is -0.113. The fourth-order valence-electron chi connectivity index (χ4n) is 2.79. The van der Waals surface area contributed by atoms with Crippen LogP contribution in [0.2, 0.25) is 0 Å². The molecule has 0 bridgehead atoms. The number of phenolic OH excluding ortho intramolecular Hbond substituents is 1. The van der Waals surface area contributed by atoms with Crippen LogP contribution in [0.1, 0.15) is 5.56 Å². The Labute approximate surface area is 171 Å². The number of para-hydroxylation sites is 2. The SMILES string of the molecule is O=C(CSc1nnc(-c2ccco2)n1Cc1ccccc1)Nc1ccccc1O. The van der Waals surface area contributed by atoms with Gasteiger partial charge in [-0.1, -0.05) is 54.2 Å². The minimum atomic E-state index is -0.245. The molecule has 0 radical (unpaired) electrons. The second-order valence-electron chi connectivity index (χ2n) is 6.21. The molecule has 0 saturated carbocycles. The highest BCUT2D eigenvalue weighted by Crippen LogP contribution is 2.26. The Morgan fingerprint density at radius 2 is 1.83 bits per heavy atom. The summed E-state index contributed by atoms with van der Waals surface area (Å²) in [6, 6.07) is 20.2. The van der Waals surface area contributed by atoms with Crippen LogP contribution in [-0.2, 0) is 11.3 Å². The number of thioether (sulfide) groups is 1. The molecule has 0 aliphatic heterocycles. The van der Waals surface area contributed by atoms with Crippen LogP contribution in [0.4, 0.5) is 5.69 Å². The van der Waals surface area contributed by atoms with Gasteiger partial charge >= 0.3 is 0 Å². The molecular weight excluding hydrogens is 388 g/mol. The summed E-state index contributed by atoms with van der Waals surface area (Å²) in [7, 11) is 0. The number of phenols is 1. The Bertz CT molecular complexity index is 1090. The molecule has 2 heterocycles. The predicted octanol–water partition coefficient (Wildman–Crippen LogP) is 4.02. The van der Waals surface area contributed by atoms with Gasteiger partial charge in [-0.25, -0.2) is 0 Å². The van der Waals surface area contributed by atoms with E-state index in [1.807, 2.05) is 41.0 Å². The number of rotatable bonds is 7. The van der Waals surface area contributed by atoms with E-state index in [0.29, 0.717) is 29.0 Å². The summed E-state index contributed by atoms with van der Waals surface area (Å²) in [5, 5.41) is 21.6. The molecular formula is C21H18N4O3S. The first kappa shape index (κ1) is 18.8. The molecule has 4 rings (SSSR count). The van der Waals surface area contributed by atoms with Crippen molar-refractivity contribution in [2.75, 3.05) is 11.1 Å². The average Bonchev–Trinajstić information content (AvgIpc) is 3.39. The number of carbonyl (C=O) groups excluding carboxylic acids is 1. The van der Waals surface area contributed by atoms with Crippen molar-refractivity contribution >= 4 is 23.4 Å². The number of hydrogen-bond acceptors (Lipinski definition) is 6. The van der Waals surface area contributed by atoms with Crippen LogP contribution in [0.5, 0.6) is 5.75 Å². The van der Waals surface area contributed by atoms with Gasteiger partial charge in [0, 0.05) is 0 Å². The highest BCUT2D eigenvalue weighted by molar-refractivity contribution is 7.99. The molecule has 4 aromatic rings. The Kier molecular flexibility index (Phi) is 5.62. The standard InChI is InChI=1S/C21H18N4O3S/c26-17-10-5-4-9-16(17)22-19(27)14-29-21-24-23-20(18-11-6-12-28-18)25(21)13-15-7-2-1-3-8-15/h1-12,26H,13-14H2,(H,22,27). The topological polar surface area (TPSA) is 93.2 Å². The summed E-state index contributed by atoms with van der Waals surface area (Å²) >= 11 is 1.27. The average molecular weight is 406 g/mol.